The molecule has 0 aromatic carbocycles. The Morgan fingerprint density at radius 2 is 2.20 bits per heavy atom. The topological polar surface area (TPSA) is 107 Å². The molecular weight excluding hydrogens is 196 g/mol. The van der Waals surface area contributed by atoms with Crippen molar-refractivity contribution in [3.63, 3.8) is 0 Å². The summed E-state index contributed by atoms with van der Waals surface area (Å²) in [7, 11) is 1.55. The largest absolute Gasteiger partial charge is 0.474 e. The minimum absolute atomic E-state index is 0.145. The van der Waals surface area contributed by atoms with Gasteiger partial charge in [-0.2, -0.15) is 10.2 Å². The third kappa shape index (κ3) is 2.72. The number of hydrogen-bond donors (Lipinski definition) is 2. The van der Waals surface area contributed by atoms with E-state index in [0.29, 0.717) is 13.2 Å². The summed E-state index contributed by atoms with van der Waals surface area (Å²) in [6.07, 6.45) is 0. The highest BCUT2D eigenvalue weighted by atomic mass is 16.5. The van der Waals surface area contributed by atoms with Crippen molar-refractivity contribution in [2.24, 2.45) is 0 Å². The van der Waals surface area contributed by atoms with E-state index in [1.165, 1.54) is 6.07 Å². The highest BCUT2D eigenvalue weighted by Gasteiger charge is 2.10. The SMILES string of the molecule is COCCOc1nc(N)cc(N)c1C#N. The van der Waals surface area contributed by atoms with Crippen molar-refractivity contribution < 1.29 is 9.47 Å². The van der Waals surface area contributed by atoms with E-state index >= 15 is 0 Å². The van der Waals surface area contributed by atoms with Gasteiger partial charge in [-0.15, -0.1) is 0 Å². The predicted octanol–water partition coefficient (Wildman–Crippen LogP) is 0.143. The second-order valence-electron chi connectivity index (χ2n) is 2.77. The molecule has 6 heteroatoms. The number of ether oxygens (including phenoxy) is 2. The zero-order valence-electron chi connectivity index (χ0n) is 8.36. The van der Waals surface area contributed by atoms with Crippen LogP contribution >= 0.6 is 0 Å². The number of nitrogen functional groups attached to an aromatic ring is 2. The molecule has 0 unspecified atom stereocenters. The van der Waals surface area contributed by atoms with E-state index in [0.717, 1.165) is 0 Å². The number of rotatable bonds is 4. The van der Waals surface area contributed by atoms with Crippen LogP contribution < -0.4 is 16.2 Å². The third-order valence-corrected chi connectivity index (χ3v) is 1.67. The zero-order chi connectivity index (χ0) is 11.3. The summed E-state index contributed by atoms with van der Waals surface area (Å²) in [4.78, 5) is 3.87. The molecule has 0 bridgehead atoms. The summed E-state index contributed by atoms with van der Waals surface area (Å²) < 4.78 is 10.0. The number of nitrogens with zero attached hydrogens (tertiary/aromatic N) is 2. The van der Waals surface area contributed by atoms with E-state index in [-0.39, 0.29) is 22.9 Å². The van der Waals surface area contributed by atoms with Gasteiger partial charge in [-0.25, -0.2) is 0 Å². The predicted molar refractivity (Wildman–Crippen MR) is 55.1 cm³/mol. The Bertz CT molecular complexity index is 386. The van der Waals surface area contributed by atoms with Crippen molar-refractivity contribution in [2.45, 2.75) is 0 Å². The van der Waals surface area contributed by atoms with Crippen LogP contribution in [0.5, 0.6) is 5.88 Å². The van der Waals surface area contributed by atoms with Gasteiger partial charge in [0.2, 0.25) is 5.88 Å². The number of anilines is 2. The molecule has 0 amide bonds. The second-order valence-corrected chi connectivity index (χ2v) is 2.77. The summed E-state index contributed by atoms with van der Waals surface area (Å²) in [5.41, 5.74) is 11.5. The Balaban J connectivity index is 2.90. The maximum Gasteiger partial charge on any atom is 0.235 e. The molecule has 6 nitrogen and oxygen atoms in total. The molecule has 1 aromatic rings. The minimum Gasteiger partial charge on any atom is -0.474 e. The Labute approximate surface area is 87.4 Å². The zero-order valence-corrected chi connectivity index (χ0v) is 8.36. The van der Waals surface area contributed by atoms with E-state index in [4.69, 9.17) is 26.2 Å². The number of aromatic nitrogens is 1. The molecule has 0 radical (unpaired) electrons. The van der Waals surface area contributed by atoms with Crippen molar-refractivity contribution in [1.29, 1.82) is 5.26 Å². The molecular formula is C9H12N4O2. The van der Waals surface area contributed by atoms with Crippen LogP contribution in [0.4, 0.5) is 11.5 Å². The Morgan fingerprint density at radius 3 is 2.80 bits per heavy atom. The van der Waals surface area contributed by atoms with E-state index < -0.39 is 0 Å². The molecule has 0 aliphatic carbocycles. The minimum atomic E-state index is 0.145. The fourth-order valence-electron chi connectivity index (χ4n) is 0.999. The van der Waals surface area contributed by atoms with E-state index in [2.05, 4.69) is 4.98 Å². The molecule has 0 saturated carbocycles. The number of nitriles is 1. The lowest BCUT2D eigenvalue weighted by Gasteiger charge is -2.08. The summed E-state index contributed by atoms with van der Waals surface area (Å²) >= 11 is 0. The van der Waals surface area contributed by atoms with Gasteiger partial charge in [-0.1, -0.05) is 0 Å². The van der Waals surface area contributed by atoms with Crippen LogP contribution in [0.3, 0.4) is 0 Å². The molecule has 0 saturated heterocycles. The van der Waals surface area contributed by atoms with Crippen LogP contribution in [-0.4, -0.2) is 25.3 Å². The fraction of sp³-hybridized carbons (Fsp3) is 0.333. The molecule has 1 rings (SSSR count). The first-order valence-electron chi connectivity index (χ1n) is 4.27. The molecule has 0 fully saturated rings. The normalized spacial score (nSPS) is 9.60. The van der Waals surface area contributed by atoms with Crippen molar-refractivity contribution in [3.8, 4) is 11.9 Å². The van der Waals surface area contributed by atoms with Gasteiger partial charge in [0, 0.05) is 13.2 Å². The van der Waals surface area contributed by atoms with Crippen LogP contribution in [-0.2, 0) is 4.74 Å². The highest BCUT2D eigenvalue weighted by molar-refractivity contribution is 5.62. The van der Waals surface area contributed by atoms with Gasteiger partial charge in [0.15, 0.2) is 0 Å². The highest BCUT2D eigenvalue weighted by Crippen LogP contribution is 2.23. The summed E-state index contributed by atoms with van der Waals surface area (Å²) in [6, 6.07) is 3.33. The molecule has 4 N–H and O–H groups in total. The molecule has 1 aromatic heterocycles. The Morgan fingerprint density at radius 1 is 1.47 bits per heavy atom. The van der Waals surface area contributed by atoms with Gasteiger partial charge < -0.3 is 20.9 Å². The van der Waals surface area contributed by atoms with E-state index in [1.54, 1.807) is 7.11 Å². The quantitative estimate of drug-likeness (QED) is 0.681. The first-order valence-corrected chi connectivity index (χ1v) is 4.27. The Hall–Kier alpha value is -2.00. The first-order chi connectivity index (χ1) is 7.19. The lowest BCUT2D eigenvalue weighted by molar-refractivity contribution is 0.143. The number of methoxy groups -OCH3 is 1. The maximum atomic E-state index is 8.82. The number of hydrogen-bond acceptors (Lipinski definition) is 6. The summed E-state index contributed by atoms with van der Waals surface area (Å²) in [6.45, 7) is 0.697. The maximum absolute atomic E-state index is 8.82. The fourth-order valence-corrected chi connectivity index (χ4v) is 0.999. The molecule has 0 spiro atoms. The number of nitrogens with two attached hydrogens (primary N) is 2. The van der Waals surface area contributed by atoms with Crippen molar-refractivity contribution >= 4 is 11.5 Å². The van der Waals surface area contributed by atoms with Crippen LogP contribution in [0.15, 0.2) is 6.07 Å². The lowest BCUT2D eigenvalue weighted by atomic mass is 10.2. The molecule has 0 atom stereocenters. The average Bonchev–Trinajstić information content (AvgIpc) is 2.17. The molecule has 0 aliphatic rings. The van der Waals surface area contributed by atoms with Crippen LogP contribution in [0.2, 0.25) is 0 Å². The molecule has 1 heterocycles. The molecule has 0 aliphatic heterocycles. The third-order valence-electron chi connectivity index (χ3n) is 1.67. The van der Waals surface area contributed by atoms with Gasteiger partial charge >= 0.3 is 0 Å². The van der Waals surface area contributed by atoms with Gasteiger partial charge in [0.1, 0.15) is 24.1 Å². The van der Waals surface area contributed by atoms with E-state index in [9.17, 15) is 0 Å². The van der Waals surface area contributed by atoms with Crippen molar-refractivity contribution in [3.05, 3.63) is 11.6 Å². The first kappa shape index (κ1) is 11.1. The Kier molecular flexibility index (Phi) is 3.71. The standard InChI is InChI=1S/C9H12N4O2/c1-14-2-3-15-9-6(5-10)7(11)4-8(12)13-9/h4H,2-3H2,1H3,(H4,11,12,13). The van der Waals surface area contributed by atoms with Gasteiger partial charge in [-0.3, -0.25) is 0 Å². The van der Waals surface area contributed by atoms with Crippen LogP contribution in [0.1, 0.15) is 5.56 Å². The van der Waals surface area contributed by atoms with E-state index in [1.807, 2.05) is 6.07 Å². The second kappa shape index (κ2) is 5.02. The summed E-state index contributed by atoms with van der Waals surface area (Å²) in [5, 5.41) is 8.82. The monoisotopic (exact) mass is 208 g/mol. The van der Waals surface area contributed by atoms with Gasteiger partial charge in [0.05, 0.1) is 12.3 Å². The number of pyridine rings is 1. The van der Waals surface area contributed by atoms with Crippen LogP contribution in [0, 0.1) is 11.3 Å². The summed E-state index contributed by atoms with van der Waals surface area (Å²) in [5.74, 6) is 0.367. The molecule has 80 valence electrons. The van der Waals surface area contributed by atoms with Crippen LogP contribution in [0.25, 0.3) is 0 Å². The average molecular weight is 208 g/mol. The smallest absolute Gasteiger partial charge is 0.235 e. The van der Waals surface area contributed by atoms with Gasteiger partial charge in [0.25, 0.3) is 0 Å². The van der Waals surface area contributed by atoms with Crippen molar-refractivity contribution in [1.82, 2.24) is 4.98 Å². The lowest BCUT2D eigenvalue weighted by Crippen LogP contribution is -2.09. The van der Waals surface area contributed by atoms with Gasteiger partial charge in [-0.05, 0) is 0 Å². The van der Waals surface area contributed by atoms with Crippen molar-refractivity contribution in [2.75, 3.05) is 31.8 Å². The molecule has 15 heavy (non-hydrogen) atoms.